The van der Waals surface area contributed by atoms with Crippen molar-refractivity contribution in [2.75, 3.05) is 37.8 Å². The fourth-order valence-electron chi connectivity index (χ4n) is 3.76. The minimum absolute atomic E-state index is 0.108. The van der Waals surface area contributed by atoms with Gasteiger partial charge in [0.15, 0.2) is 18.1 Å². The Hall–Kier alpha value is -2.96. The van der Waals surface area contributed by atoms with E-state index in [4.69, 9.17) is 15.6 Å². The molecule has 6 nitrogen and oxygen atoms in total. The third kappa shape index (κ3) is 8.43. The second kappa shape index (κ2) is 13.1. The van der Waals surface area contributed by atoms with Gasteiger partial charge >= 0.3 is 6.18 Å². The largest absolute Gasteiger partial charge is 0.490 e. The van der Waals surface area contributed by atoms with Gasteiger partial charge in [0.05, 0.1) is 17.9 Å². The zero-order valence-corrected chi connectivity index (χ0v) is 19.6. The van der Waals surface area contributed by atoms with Gasteiger partial charge in [-0.3, -0.25) is 0 Å². The Balaban J connectivity index is 0.000000248. The minimum Gasteiger partial charge on any atom is -0.490 e. The third-order valence-electron chi connectivity index (χ3n) is 5.02. The zero-order valence-electron chi connectivity index (χ0n) is 19.6. The number of nitriles is 1. The summed E-state index contributed by atoms with van der Waals surface area (Å²) in [6, 6.07) is 12.8. The van der Waals surface area contributed by atoms with Crippen LogP contribution in [0.25, 0.3) is 0 Å². The van der Waals surface area contributed by atoms with Crippen LogP contribution in [0.2, 0.25) is 0 Å². The first-order valence-corrected chi connectivity index (χ1v) is 11.3. The maximum atomic E-state index is 11.9. The van der Waals surface area contributed by atoms with Gasteiger partial charge in [-0.15, -0.1) is 0 Å². The van der Waals surface area contributed by atoms with Crippen molar-refractivity contribution in [3.8, 4) is 17.6 Å². The molecule has 0 radical (unpaired) electrons. The zero-order chi connectivity index (χ0) is 25.1. The molecule has 0 amide bonds. The highest BCUT2D eigenvalue weighted by Gasteiger charge is 2.29. The summed E-state index contributed by atoms with van der Waals surface area (Å²) >= 11 is 0. The molecule has 3 rings (SSSR count). The number of benzene rings is 2. The standard InChI is InChI=1S/C15H21N3O.C10H11F3O2/c1-11(17)7-12-8-13-3-5-18(4-2-6-19)15(13)14(9-12)10-16;1-2-14-8-5-3-4-6-9(8)15-7-10(11,12)13/h8-9,11,19H,2-7,17H2,1H3;3-6H,2,7H2,1H3/t11-;/m1./s1. The number of para-hydroxylation sites is 2. The molecule has 1 aliphatic rings. The van der Waals surface area contributed by atoms with Crippen molar-refractivity contribution < 1.29 is 27.8 Å². The molecule has 2 aromatic rings. The Labute approximate surface area is 198 Å². The Bertz CT molecular complexity index is 959. The van der Waals surface area contributed by atoms with Crippen molar-refractivity contribution >= 4 is 5.69 Å². The van der Waals surface area contributed by atoms with Gasteiger partial charge in [-0.25, -0.2) is 0 Å². The fourth-order valence-corrected chi connectivity index (χ4v) is 3.76. The van der Waals surface area contributed by atoms with E-state index in [1.54, 1.807) is 25.1 Å². The first kappa shape index (κ1) is 27.3. The number of halogens is 3. The number of hydrogen-bond acceptors (Lipinski definition) is 6. The summed E-state index contributed by atoms with van der Waals surface area (Å²) in [5, 5.41) is 18.3. The summed E-state index contributed by atoms with van der Waals surface area (Å²) in [4.78, 5) is 2.21. The second-order valence-electron chi connectivity index (χ2n) is 8.04. The lowest BCUT2D eigenvalue weighted by Crippen LogP contribution is -2.23. The van der Waals surface area contributed by atoms with Crippen LogP contribution in [-0.2, 0) is 12.8 Å². The summed E-state index contributed by atoms with van der Waals surface area (Å²) in [6.07, 6.45) is -1.81. The monoisotopic (exact) mass is 479 g/mol. The molecular formula is C25H32F3N3O3. The predicted octanol–water partition coefficient (Wildman–Crippen LogP) is 4.22. The summed E-state index contributed by atoms with van der Waals surface area (Å²) in [7, 11) is 0. The van der Waals surface area contributed by atoms with Crippen LogP contribution in [0.3, 0.4) is 0 Å². The van der Waals surface area contributed by atoms with Crippen LogP contribution in [0.4, 0.5) is 18.9 Å². The number of ether oxygens (including phenoxy) is 2. The molecule has 186 valence electrons. The molecule has 0 saturated heterocycles. The maximum absolute atomic E-state index is 11.9. The molecular weight excluding hydrogens is 447 g/mol. The van der Waals surface area contributed by atoms with Crippen molar-refractivity contribution in [1.29, 1.82) is 5.26 Å². The first-order valence-electron chi connectivity index (χ1n) is 11.3. The van der Waals surface area contributed by atoms with Crippen LogP contribution in [0.15, 0.2) is 36.4 Å². The number of nitrogens with two attached hydrogens (primary N) is 1. The van der Waals surface area contributed by atoms with Crippen LogP contribution in [0.5, 0.6) is 11.5 Å². The number of fused-ring (bicyclic) bond motifs is 1. The smallest absolute Gasteiger partial charge is 0.422 e. The van der Waals surface area contributed by atoms with E-state index in [1.165, 1.54) is 11.6 Å². The number of hydrogen-bond donors (Lipinski definition) is 2. The molecule has 0 unspecified atom stereocenters. The molecule has 0 spiro atoms. The molecule has 9 heteroatoms. The number of aliphatic hydroxyl groups excluding tert-OH is 1. The van der Waals surface area contributed by atoms with Gasteiger partial charge < -0.3 is 25.2 Å². The average molecular weight is 480 g/mol. The Morgan fingerprint density at radius 3 is 2.44 bits per heavy atom. The Morgan fingerprint density at radius 1 is 1.21 bits per heavy atom. The van der Waals surface area contributed by atoms with Crippen LogP contribution in [-0.4, -0.2) is 50.2 Å². The highest BCUT2D eigenvalue weighted by Crippen LogP contribution is 2.33. The lowest BCUT2D eigenvalue weighted by molar-refractivity contribution is -0.153. The molecule has 0 bridgehead atoms. The highest BCUT2D eigenvalue weighted by molar-refractivity contribution is 5.68. The Kier molecular flexibility index (Phi) is 10.5. The predicted molar refractivity (Wildman–Crippen MR) is 125 cm³/mol. The van der Waals surface area contributed by atoms with Gasteiger partial charge in [0.2, 0.25) is 0 Å². The number of aliphatic hydroxyl groups is 1. The normalized spacial score (nSPS) is 13.4. The third-order valence-corrected chi connectivity index (χ3v) is 5.02. The maximum Gasteiger partial charge on any atom is 0.422 e. The summed E-state index contributed by atoms with van der Waals surface area (Å²) < 4.78 is 45.4. The van der Waals surface area contributed by atoms with E-state index in [2.05, 4.69) is 21.8 Å². The molecule has 34 heavy (non-hydrogen) atoms. The van der Waals surface area contributed by atoms with Gasteiger partial charge in [0.25, 0.3) is 0 Å². The van der Waals surface area contributed by atoms with Crippen molar-refractivity contribution in [2.24, 2.45) is 5.73 Å². The highest BCUT2D eigenvalue weighted by atomic mass is 19.4. The number of nitrogens with zero attached hydrogens (tertiary/aromatic N) is 2. The van der Waals surface area contributed by atoms with Crippen molar-refractivity contribution in [1.82, 2.24) is 0 Å². The van der Waals surface area contributed by atoms with Crippen LogP contribution >= 0.6 is 0 Å². The van der Waals surface area contributed by atoms with E-state index < -0.39 is 12.8 Å². The molecule has 1 aliphatic heterocycles. The second-order valence-corrected chi connectivity index (χ2v) is 8.04. The van der Waals surface area contributed by atoms with Gasteiger partial charge in [-0.05, 0) is 62.4 Å². The molecule has 1 heterocycles. The van der Waals surface area contributed by atoms with Gasteiger partial charge in [0.1, 0.15) is 6.07 Å². The average Bonchev–Trinajstić information content (AvgIpc) is 3.19. The summed E-state index contributed by atoms with van der Waals surface area (Å²) in [5.74, 6) is 0.431. The summed E-state index contributed by atoms with van der Waals surface area (Å²) in [5.41, 5.74) is 10.0. The van der Waals surface area contributed by atoms with E-state index in [-0.39, 0.29) is 18.4 Å². The Morgan fingerprint density at radius 2 is 1.88 bits per heavy atom. The quantitative estimate of drug-likeness (QED) is 0.560. The number of alkyl halides is 3. The molecule has 1 atom stereocenters. The van der Waals surface area contributed by atoms with Gasteiger partial charge in [-0.1, -0.05) is 18.2 Å². The van der Waals surface area contributed by atoms with E-state index in [1.807, 2.05) is 13.0 Å². The SMILES string of the molecule is CCOc1ccccc1OCC(F)(F)F.C[C@@H](N)Cc1cc(C#N)c2c(c1)CCN2CCCO. The van der Waals surface area contributed by atoms with E-state index in [0.29, 0.717) is 12.4 Å². The molecule has 0 fully saturated rings. The van der Waals surface area contributed by atoms with E-state index in [9.17, 15) is 18.4 Å². The minimum atomic E-state index is -4.33. The topological polar surface area (TPSA) is 91.7 Å². The molecule has 0 saturated carbocycles. The van der Waals surface area contributed by atoms with Crippen molar-refractivity contribution in [3.05, 3.63) is 53.1 Å². The summed E-state index contributed by atoms with van der Waals surface area (Å²) in [6.45, 7) is 4.74. The number of anilines is 1. The molecule has 3 N–H and O–H groups in total. The van der Waals surface area contributed by atoms with Gasteiger partial charge in [0, 0.05) is 25.7 Å². The first-order chi connectivity index (χ1) is 16.2. The van der Waals surface area contributed by atoms with Crippen LogP contribution in [0.1, 0.15) is 37.0 Å². The molecule has 0 aliphatic carbocycles. The molecule has 0 aromatic heterocycles. The lowest BCUT2D eigenvalue weighted by atomic mass is 9.99. The lowest BCUT2D eigenvalue weighted by Gasteiger charge is -2.20. The van der Waals surface area contributed by atoms with Crippen molar-refractivity contribution in [2.45, 2.75) is 45.3 Å². The van der Waals surface area contributed by atoms with E-state index >= 15 is 0 Å². The molecule has 2 aromatic carbocycles. The van der Waals surface area contributed by atoms with Crippen LogP contribution < -0.4 is 20.1 Å². The van der Waals surface area contributed by atoms with E-state index in [0.717, 1.165) is 49.2 Å². The van der Waals surface area contributed by atoms with Crippen LogP contribution in [0, 0.1) is 11.3 Å². The number of rotatable bonds is 9. The fraction of sp³-hybridized carbons (Fsp3) is 0.480. The van der Waals surface area contributed by atoms with Gasteiger partial charge in [-0.2, -0.15) is 18.4 Å². The van der Waals surface area contributed by atoms with Crippen molar-refractivity contribution in [3.63, 3.8) is 0 Å².